The van der Waals surface area contributed by atoms with Gasteiger partial charge in [0.25, 0.3) is 5.91 Å². The van der Waals surface area contributed by atoms with E-state index in [2.05, 4.69) is 10.3 Å². The van der Waals surface area contributed by atoms with Gasteiger partial charge < -0.3 is 19.4 Å². The van der Waals surface area contributed by atoms with Crippen LogP contribution in [0.15, 0.2) is 46.9 Å². The monoisotopic (exact) mass is 451 g/mol. The number of hydrogen-bond donors (Lipinski definition) is 1. The normalized spacial score (nSPS) is 22.5. The van der Waals surface area contributed by atoms with E-state index >= 15 is 0 Å². The lowest BCUT2D eigenvalue weighted by Gasteiger charge is -2.25. The highest BCUT2D eigenvalue weighted by Gasteiger charge is 2.33. The molecule has 5 rings (SSSR count). The number of carbonyl (C=O) groups is 2. The summed E-state index contributed by atoms with van der Waals surface area (Å²) in [5.41, 5.74) is 1.70. The van der Waals surface area contributed by atoms with E-state index < -0.39 is 5.82 Å². The van der Waals surface area contributed by atoms with Crippen LogP contribution in [0.3, 0.4) is 0 Å². The van der Waals surface area contributed by atoms with E-state index in [0.29, 0.717) is 24.1 Å². The van der Waals surface area contributed by atoms with Gasteiger partial charge in [-0.25, -0.2) is 9.37 Å². The third kappa shape index (κ3) is 4.35. The third-order valence-corrected chi connectivity index (χ3v) is 6.58. The van der Waals surface area contributed by atoms with Gasteiger partial charge in [-0.2, -0.15) is 0 Å². The number of oxazole rings is 1. The first kappa shape index (κ1) is 21.6. The molecule has 0 spiro atoms. The number of hydrogen-bond acceptors (Lipinski definition) is 5. The number of para-hydroxylation sites is 2. The number of aromatic nitrogens is 1. The Morgan fingerprint density at radius 2 is 2.00 bits per heavy atom. The maximum Gasteiger partial charge on any atom is 0.253 e. The van der Waals surface area contributed by atoms with E-state index in [1.165, 1.54) is 12.1 Å². The molecule has 3 aromatic rings. The fourth-order valence-electron chi connectivity index (χ4n) is 4.70. The Hall–Kier alpha value is -3.26. The van der Waals surface area contributed by atoms with Crippen molar-refractivity contribution in [3.8, 4) is 11.5 Å². The van der Waals surface area contributed by atoms with Crippen LogP contribution in [-0.4, -0.2) is 53.5 Å². The van der Waals surface area contributed by atoms with E-state index in [1.54, 1.807) is 30.1 Å². The van der Waals surface area contributed by atoms with Crippen molar-refractivity contribution in [1.82, 2.24) is 15.2 Å². The number of fused-ring (bicyclic) bond motifs is 1. The number of ether oxygens (including phenoxy) is 1. The summed E-state index contributed by atoms with van der Waals surface area (Å²) >= 11 is 0. The zero-order valence-corrected chi connectivity index (χ0v) is 18.4. The van der Waals surface area contributed by atoms with Gasteiger partial charge in [0, 0.05) is 31.3 Å². The van der Waals surface area contributed by atoms with Crippen LogP contribution >= 0.6 is 0 Å². The largest absolute Gasteiger partial charge is 0.436 e. The zero-order valence-electron chi connectivity index (χ0n) is 18.4. The second-order valence-electron chi connectivity index (χ2n) is 8.77. The van der Waals surface area contributed by atoms with Crippen LogP contribution in [0, 0.1) is 5.82 Å². The molecule has 1 aliphatic carbocycles. The fourth-order valence-corrected chi connectivity index (χ4v) is 4.70. The second-order valence-corrected chi connectivity index (χ2v) is 8.77. The number of amides is 2. The average Bonchev–Trinajstić information content (AvgIpc) is 3.58. The summed E-state index contributed by atoms with van der Waals surface area (Å²) in [6.45, 7) is 0.629. The van der Waals surface area contributed by atoms with Gasteiger partial charge >= 0.3 is 0 Å². The lowest BCUT2D eigenvalue weighted by atomic mass is 10.1. The highest BCUT2D eigenvalue weighted by molar-refractivity contribution is 5.95. The minimum Gasteiger partial charge on any atom is -0.436 e. The molecule has 7 nitrogen and oxygen atoms in total. The zero-order chi connectivity index (χ0) is 22.9. The highest BCUT2D eigenvalue weighted by atomic mass is 19.1. The van der Waals surface area contributed by atoms with Crippen molar-refractivity contribution in [3.05, 3.63) is 53.8 Å². The van der Waals surface area contributed by atoms with Gasteiger partial charge in [0.05, 0.1) is 5.56 Å². The van der Waals surface area contributed by atoms with Gasteiger partial charge in [-0.15, -0.1) is 0 Å². The van der Waals surface area contributed by atoms with E-state index in [9.17, 15) is 14.0 Å². The molecule has 1 saturated heterocycles. The molecule has 3 unspecified atom stereocenters. The summed E-state index contributed by atoms with van der Waals surface area (Å²) < 4.78 is 26.0. The number of halogens is 1. The summed E-state index contributed by atoms with van der Waals surface area (Å²) in [4.78, 5) is 31.3. The van der Waals surface area contributed by atoms with Crippen LogP contribution in [0.4, 0.5) is 4.39 Å². The third-order valence-electron chi connectivity index (χ3n) is 6.58. The Morgan fingerprint density at radius 3 is 2.76 bits per heavy atom. The number of nitrogens with one attached hydrogen (secondary N) is 1. The van der Waals surface area contributed by atoms with E-state index in [-0.39, 0.29) is 47.0 Å². The van der Waals surface area contributed by atoms with Gasteiger partial charge in [0.15, 0.2) is 5.58 Å². The molecule has 0 bridgehead atoms. The summed E-state index contributed by atoms with van der Waals surface area (Å²) in [5, 5.41) is 3.05. The van der Waals surface area contributed by atoms with E-state index in [0.717, 1.165) is 25.7 Å². The molecule has 2 aromatic carbocycles. The van der Waals surface area contributed by atoms with Crippen molar-refractivity contribution < 1.29 is 23.1 Å². The smallest absolute Gasteiger partial charge is 0.253 e. The summed E-state index contributed by atoms with van der Waals surface area (Å²) in [6, 6.07) is 11.6. The minimum absolute atomic E-state index is 0.0141. The molecular weight excluding hydrogens is 425 g/mol. The van der Waals surface area contributed by atoms with Gasteiger partial charge in [0.2, 0.25) is 11.8 Å². The number of nitrogens with zero attached hydrogens (tertiary/aromatic N) is 2. The van der Waals surface area contributed by atoms with Gasteiger partial charge in [-0.05, 0) is 62.4 Å². The van der Waals surface area contributed by atoms with Crippen molar-refractivity contribution in [3.63, 3.8) is 0 Å². The first-order valence-electron chi connectivity index (χ1n) is 11.3. The standard InChI is InChI=1S/C25H26FN3O4/c1-29(17-10-9-16(14-17)27-23(30)22-7-4-12-32-22)25(31)15-8-11-18(19(26)13-15)24-28-20-5-2-3-6-21(20)33-24/h2-3,5-6,8,11,13,16-17,22H,4,7,9-10,12,14H2,1H3,(H,27,30). The number of carbonyl (C=O) groups excluding carboxylic acids is 2. The molecule has 3 atom stereocenters. The molecule has 2 fully saturated rings. The van der Waals surface area contributed by atoms with Crippen LogP contribution in [-0.2, 0) is 9.53 Å². The molecule has 172 valence electrons. The molecular formula is C25H26FN3O4. The summed E-state index contributed by atoms with van der Waals surface area (Å²) in [6.07, 6.45) is 3.56. The number of benzene rings is 2. The molecule has 2 heterocycles. The Morgan fingerprint density at radius 1 is 1.15 bits per heavy atom. The summed E-state index contributed by atoms with van der Waals surface area (Å²) in [5.74, 6) is -0.700. The Labute approximate surface area is 190 Å². The SMILES string of the molecule is CN(C(=O)c1ccc(-c2nc3ccccc3o2)c(F)c1)C1CCC(NC(=O)C2CCCO2)C1. The molecule has 1 aromatic heterocycles. The first-order chi connectivity index (χ1) is 16.0. The van der Waals surface area contributed by atoms with Crippen LogP contribution < -0.4 is 5.32 Å². The lowest BCUT2D eigenvalue weighted by Crippen LogP contribution is -2.41. The number of rotatable bonds is 5. The molecule has 33 heavy (non-hydrogen) atoms. The van der Waals surface area contributed by atoms with Crippen LogP contribution in [0.2, 0.25) is 0 Å². The first-order valence-corrected chi connectivity index (χ1v) is 11.3. The van der Waals surface area contributed by atoms with Crippen LogP contribution in [0.25, 0.3) is 22.6 Å². The summed E-state index contributed by atoms with van der Waals surface area (Å²) in [7, 11) is 1.73. The lowest BCUT2D eigenvalue weighted by molar-refractivity contribution is -0.130. The molecule has 1 aliphatic heterocycles. The van der Waals surface area contributed by atoms with Gasteiger partial charge in [-0.3, -0.25) is 9.59 Å². The van der Waals surface area contributed by atoms with E-state index in [4.69, 9.17) is 9.15 Å². The predicted octanol–water partition coefficient (Wildman–Crippen LogP) is 3.92. The maximum atomic E-state index is 14.9. The minimum atomic E-state index is -0.561. The Bertz CT molecular complexity index is 1150. The average molecular weight is 451 g/mol. The van der Waals surface area contributed by atoms with Crippen LogP contribution in [0.1, 0.15) is 42.5 Å². The Kier molecular flexibility index (Phi) is 5.85. The van der Waals surface area contributed by atoms with Crippen molar-refractivity contribution in [1.29, 1.82) is 0 Å². The maximum absolute atomic E-state index is 14.9. The van der Waals surface area contributed by atoms with Crippen molar-refractivity contribution in [2.24, 2.45) is 0 Å². The molecule has 2 aliphatic rings. The van der Waals surface area contributed by atoms with Gasteiger partial charge in [0.1, 0.15) is 17.4 Å². The van der Waals surface area contributed by atoms with Crippen molar-refractivity contribution >= 4 is 22.9 Å². The van der Waals surface area contributed by atoms with E-state index in [1.807, 2.05) is 12.1 Å². The highest BCUT2D eigenvalue weighted by Crippen LogP contribution is 2.29. The molecule has 1 N–H and O–H groups in total. The Balaban J connectivity index is 1.24. The second kappa shape index (κ2) is 8.94. The topological polar surface area (TPSA) is 84.7 Å². The van der Waals surface area contributed by atoms with Gasteiger partial charge in [-0.1, -0.05) is 12.1 Å². The van der Waals surface area contributed by atoms with Crippen LogP contribution in [0.5, 0.6) is 0 Å². The molecule has 2 amide bonds. The predicted molar refractivity (Wildman–Crippen MR) is 120 cm³/mol. The molecule has 0 radical (unpaired) electrons. The molecule has 1 saturated carbocycles. The van der Waals surface area contributed by atoms with Crippen molar-refractivity contribution in [2.75, 3.05) is 13.7 Å². The van der Waals surface area contributed by atoms with Crippen molar-refractivity contribution in [2.45, 2.75) is 50.3 Å². The molecule has 8 heteroatoms. The fraction of sp³-hybridized carbons (Fsp3) is 0.400. The quantitative estimate of drug-likeness (QED) is 0.636.